The maximum Gasteiger partial charge on any atom is 0.244 e. The lowest BCUT2D eigenvalue weighted by Crippen LogP contribution is -2.27. The Balaban J connectivity index is 2.10. The van der Waals surface area contributed by atoms with Gasteiger partial charge in [-0.15, -0.1) is 0 Å². The van der Waals surface area contributed by atoms with Crippen molar-refractivity contribution in [3.63, 3.8) is 0 Å². The largest absolute Gasteiger partial charge is 0.398 e. The van der Waals surface area contributed by atoms with E-state index in [0.29, 0.717) is 12.2 Å². The summed E-state index contributed by atoms with van der Waals surface area (Å²) >= 11 is 5.87. The number of sulfonamides is 1. The molecule has 6 nitrogen and oxygen atoms in total. The van der Waals surface area contributed by atoms with Gasteiger partial charge in [0.15, 0.2) is 0 Å². The minimum atomic E-state index is -3.72. The predicted octanol–water partition coefficient (Wildman–Crippen LogP) is 1.17. The zero-order valence-corrected chi connectivity index (χ0v) is 11.5. The number of aromatic nitrogens is 2. The van der Waals surface area contributed by atoms with Crippen LogP contribution < -0.4 is 10.5 Å². The number of nitrogens with two attached hydrogens (primary N) is 1. The minimum absolute atomic E-state index is 0.0869. The third-order valence-corrected chi connectivity index (χ3v) is 4.48. The highest BCUT2D eigenvalue weighted by atomic mass is 35.5. The van der Waals surface area contributed by atoms with Crippen molar-refractivity contribution >= 4 is 27.3 Å². The van der Waals surface area contributed by atoms with E-state index in [1.54, 1.807) is 18.5 Å². The van der Waals surface area contributed by atoms with Gasteiger partial charge in [-0.05, 0) is 12.1 Å². The first kappa shape index (κ1) is 13.9. The fourth-order valence-corrected chi connectivity index (χ4v) is 3.32. The zero-order chi connectivity index (χ0) is 13.9. The van der Waals surface area contributed by atoms with Crippen LogP contribution >= 0.6 is 11.6 Å². The summed E-state index contributed by atoms with van der Waals surface area (Å²) in [4.78, 5) is 6.80. The third kappa shape index (κ3) is 3.25. The molecule has 4 N–H and O–H groups in total. The van der Waals surface area contributed by atoms with Gasteiger partial charge in [-0.2, -0.15) is 0 Å². The second kappa shape index (κ2) is 5.60. The number of nitrogens with one attached hydrogen (secondary N) is 2. The lowest BCUT2D eigenvalue weighted by Gasteiger charge is -2.10. The van der Waals surface area contributed by atoms with E-state index in [1.165, 1.54) is 12.1 Å². The Bertz CT molecular complexity index is 635. The van der Waals surface area contributed by atoms with Crippen LogP contribution in [0.1, 0.15) is 5.82 Å². The molecular formula is C11H13ClN4O2S. The molecule has 0 atom stereocenters. The van der Waals surface area contributed by atoms with Gasteiger partial charge in [-0.3, -0.25) is 0 Å². The number of rotatable bonds is 5. The van der Waals surface area contributed by atoms with Crippen molar-refractivity contribution in [2.45, 2.75) is 11.3 Å². The lowest BCUT2D eigenvalue weighted by atomic mass is 10.3. The summed E-state index contributed by atoms with van der Waals surface area (Å²) in [7, 11) is -3.72. The van der Waals surface area contributed by atoms with Crippen molar-refractivity contribution < 1.29 is 8.42 Å². The van der Waals surface area contributed by atoms with Crippen molar-refractivity contribution in [3.8, 4) is 0 Å². The lowest BCUT2D eigenvalue weighted by molar-refractivity contribution is 0.581. The van der Waals surface area contributed by atoms with E-state index in [1.807, 2.05) is 0 Å². The molecule has 1 heterocycles. The van der Waals surface area contributed by atoms with E-state index in [9.17, 15) is 8.42 Å². The average Bonchev–Trinajstić information content (AvgIpc) is 2.81. The van der Waals surface area contributed by atoms with Crippen molar-refractivity contribution in [2.24, 2.45) is 0 Å². The molecule has 102 valence electrons. The van der Waals surface area contributed by atoms with Crippen LogP contribution in [0.15, 0.2) is 35.5 Å². The molecule has 0 amide bonds. The quantitative estimate of drug-likeness (QED) is 0.721. The number of nitrogen functional groups attached to an aromatic ring is 1. The van der Waals surface area contributed by atoms with Crippen LogP contribution in [0.25, 0.3) is 0 Å². The normalized spacial score (nSPS) is 11.6. The molecule has 0 radical (unpaired) electrons. The molecule has 0 aliphatic carbocycles. The highest BCUT2D eigenvalue weighted by Crippen LogP contribution is 2.26. The molecule has 2 rings (SSSR count). The summed E-state index contributed by atoms with van der Waals surface area (Å²) in [6.45, 7) is 0.209. The number of hydrogen-bond donors (Lipinski definition) is 3. The number of H-pyrrole nitrogens is 1. The number of nitrogens with zero attached hydrogens (tertiary/aromatic N) is 1. The Morgan fingerprint density at radius 3 is 2.84 bits per heavy atom. The Hall–Kier alpha value is -1.57. The van der Waals surface area contributed by atoms with Gasteiger partial charge in [0.1, 0.15) is 10.7 Å². The van der Waals surface area contributed by atoms with Crippen molar-refractivity contribution in [3.05, 3.63) is 41.4 Å². The molecule has 0 unspecified atom stereocenters. The zero-order valence-electron chi connectivity index (χ0n) is 9.93. The summed E-state index contributed by atoms with van der Waals surface area (Å²) in [5, 5.41) is 0.102. The number of halogens is 1. The summed E-state index contributed by atoms with van der Waals surface area (Å²) in [6.07, 6.45) is 3.74. The predicted molar refractivity (Wildman–Crippen MR) is 73.3 cm³/mol. The summed E-state index contributed by atoms with van der Waals surface area (Å²) in [5.41, 5.74) is 5.77. The molecule has 0 bridgehead atoms. The Morgan fingerprint density at radius 2 is 2.21 bits per heavy atom. The monoisotopic (exact) mass is 300 g/mol. The van der Waals surface area contributed by atoms with Crippen LogP contribution in [0.4, 0.5) is 5.69 Å². The van der Waals surface area contributed by atoms with Crippen LogP contribution in [-0.4, -0.2) is 24.9 Å². The van der Waals surface area contributed by atoms with Crippen LogP contribution in [0, 0.1) is 0 Å². The maximum absolute atomic E-state index is 12.1. The Kier molecular flexibility index (Phi) is 4.08. The molecule has 19 heavy (non-hydrogen) atoms. The number of aromatic amines is 1. The molecule has 1 aromatic carbocycles. The first-order valence-electron chi connectivity index (χ1n) is 5.52. The topological polar surface area (TPSA) is 101 Å². The van der Waals surface area contributed by atoms with Crippen molar-refractivity contribution in [1.82, 2.24) is 14.7 Å². The number of hydrogen-bond acceptors (Lipinski definition) is 4. The second-order valence-electron chi connectivity index (χ2n) is 3.84. The van der Waals surface area contributed by atoms with E-state index in [0.717, 1.165) is 0 Å². The molecule has 2 aromatic rings. The molecule has 0 saturated carbocycles. The standard InChI is InChI=1S/C11H13ClN4O2S/c12-8-2-1-3-9(13)11(8)19(17,18)16-5-4-10-14-6-7-15-10/h1-3,6-7,16H,4-5,13H2,(H,14,15). The fraction of sp³-hybridized carbons (Fsp3) is 0.182. The average molecular weight is 301 g/mol. The van der Waals surface area contributed by atoms with E-state index in [-0.39, 0.29) is 22.2 Å². The van der Waals surface area contributed by atoms with Gasteiger partial charge in [0.05, 0.1) is 10.7 Å². The smallest absolute Gasteiger partial charge is 0.244 e. The first-order chi connectivity index (χ1) is 9.00. The number of benzene rings is 1. The van der Waals surface area contributed by atoms with Gasteiger partial charge in [0.25, 0.3) is 0 Å². The summed E-state index contributed by atoms with van der Waals surface area (Å²) in [6, 6.07) is 4.57. The van der Waals surface area contributed by atoms with Crippen LogP contribution in [0.3, 0.4) is 0 Å². The van der Waals surface area contributed by atoms with Crippen LogP contribution in [-0.2, 0) is 16.4 Å². The highest BCUT2D eigenvalue weighted by Gasteiger charge is 2.20. The summed E-state index contributed by atoms with van der Waals surface area (Å²) < 4.78 is 26.6. The van der Waals surface area contributed by atoms with E-state index in [2.05, 4.69) is 14.7 Å². The number of anilines is 1. The second-order valence-corrected chi connectivity index (χ2v) is 5.95. The molecule has 0 saturated heterocycles. The molecule has 0 spiro atoms. The number of imidazole rings is 1. The minimum Gasteiger partial charge on any atom is -0.398 e. The first-order valence-corrected chi connectivity index (χ1v) is 7.39. The molecule has 8 heteroatoms. The molecular weight excluding hydrogens is 288 g/mol. The van der Waals surface area contributed by atoms with Gasteiger partial charge in [-0.1, -0.05) is 17.7 Å². The Morgan fingerprint density at radius 1 is 1.42 bits per heavy atom. The summed E-state index contributed by atoms with van der Waals surface area (Å²) in [5.74, 6) is 0.704. The highest BCUT2D eigenvalue weighted by molar-refractivity contribution is 7.89. The van der Waals surface area contributed by atoms with Gasteiger partial charge in [-0.25, -0.2) is 18.1 Å². The van der Waals surface area contributed by atoms with E-state index in [4.69, 9.17) is 17.3 Å². The third-order valence-electron chi connectivity index (χ3n) is 2.47. The van der Waals surface area contributed by atoms with E-state index < -0.39 is 10.0 Å². The molecule has 0 aliphatic heterocycles. The van der Waals surface area contributed by atoms with Crippen LogP contribution in [0.5, 0.6) is 0 Å². The molecule has 0 aliphatic rings. The van der Waals surface area contributed by atoms with Gasteiger partial charge < -0.3 is 10.7 Å². The SMILES string of the molecule is Nc1cccc(Cl)c1S(=O)(=O)NCCc1ncc[nH]1. The van der Waals surface area contributed by atoms with Crippen molar-refractivity contribution in [1.29, 1.82) is 0 Å². The van der Waals surface area contributed by atoms with Gasteiger partial charge in [0, 0.05) is 25.4 Å². The van der Waals surface area contributed by atoms with Crippen LogP contribution in [0.2, 0.25) is 5.02 Å². The van der Waals surface area contributed by atoms with E-state index >= 15 is 0 Å². The molecule has 0 fully saturated rings. The van der Waals surface area contributed by atoms with Crippen molar-refractivity contribution in [2.75, 3.05) is 12.3 Å². The molecule has 1 aromatic heterocycles. The van der Waals surface area contributed by atoms with Gasteiger partial charge >= 0.3 is 0 Å². The fourth-order valence-electron chi connectivity index (χ4n) is 1.62. The maximum atomic E-state index is 12.1. The Labute approximate surface area is 116 Å². The van der Waals surface area contributed by atoms with Gasteiger partial charge in [0.2, 0.25) is 10.0 Å².